The van der Waals surface area contributed by atoms with Crippen molar-refractivity contribution in [1.29, 1.82) is 0 Å². The fourth-order valence-electron chi connectivity index (χ4n) is 1.82. The minimum atomic E-state index is 0.838. The Labute approximate surface area is 77.9 Å². The Balaban J connectivity index is 2.49. The van der Waals surface area contributed by atoms with Gasteiger partial charge < -0.3 is 5.21 Å². The van der Waals surface area contributed by atoms with Crippen molar-refractivity contribution in [3.05, 3.63) is 34.9 Å². The van der Waals surface area contributed by atoms with Gasteiger partial charge in [0.15, 0.2) is 0 Å². The first kappa shape index (κ1) is 8.30. The predicted octanol–water partition coefficient (Wildman–Crippen LogP) is 2.37. The van der Waals surface area contributed by atoms with E-state index in [9.17, 15) is 0 Å². The third kappa shape index (κ3) is 1.32. The summed E-state index contributed by atoms with van der Waals surface area (Å²) >= 11 is 0. The van der Waals surface area contributed by atoms with E-state index in [0.717, 1.165) is 30.5 Å². The summed E-state index contributed by atoms with van der Waals surface area (Å²) in [6, 6.07) is 6.43. The van der Waals surface area contributed by atoms with Crippen LogP contribution in [-0.4, -0.2) is 10.9 Å². The van der Waals surface area contributed by atoms with Crippen LogP contribution in [-0.2, 0) is 12.8 Å². The number of benzene rings is 1. The van der Waals surface area contributed by atoms with Crippen LogP contribution in [0.25, 0.3) is 0 Å². The summed E-state index contributed by atoms with van der Waals surface area (Å²) in [5.41, 5.74) is 4.60. The lowest BCUT2D eigenvalue weighted by molar-refractivity contribution is 0.318. The summed E-state index contributed by atoms with van der Waals surface area (Å²) in [4.78, 5) is 0. The zero-order valence-corrected chi connectivity index (χ0v) is 7.75. The lowest BCUT2D eigenvalue weighted by Gasteiger charge is -2.01. The van der Waals surface area contributed by atoms with Crippen LogP contribution >= 0.6 is 0 Å². The normalized spacial score (nSPS) is 17.8. The standard InChI is InChI=1S/C11H13NO/c1-2-8-3-4-9-5-6-11(12-13)10(9)7-8/h3-4,7,13H,2,5-6H2,1H3/b12-11+. The van der Waals surface area contributed by atoms with Gasteiger partial charge in [0, 0.05) is 5.56 Å². The van der Waals surface area contributed by atoms with Crippen LogP contribution in [0.15, 0.2) is 23.4 Å². The second-order valence-corrected chi connectivity index (χ2v) is 3.39. The minimum Gasteiger partial charge on any atom is -0.411 e. The Hall–Kier alpha value is -1.31. The molecule has 0 aromatic heterocycles. The molecule has 0 saturated heterocycles. The Morgan fingerprint density at radius 2 is 2.23 bits per heavy atom. The molecule has 2 heteroatoms. The summed E-state index contributed by atoms with van der Waals surface area (Å²) in [5, 5.41) is 12.1. The first-order valence-electron chi connectivity index (χ1n) is 4.68. The van der Waals surface area contributed by atoms with E-state index in [1.54, 1.807) is 0 Å². The van der Waals surface area contributed by atoms with Gasteiger partial charge in [0.2, 0.25) is 0 Å². The van der Waals surface area contributed by atoms with Gasteiger partial charge in [-0.3, -0.25) is 0 Å². The summed E-state index contributed by atoms with van der Waals surface area (Å²) < 4.78 is 0. The van der Waals surface area contributed by atoms with Crippen LogP contribution in [0.1, 0.15) is 30.0 Å². The average Bonchev–Trinajstić information content (AvgIpc) is 2.59. The molecule has 2 rings (SSSR count). The molecule has 0 bridgehead atoms. The van der Waals surface area contributed by atoms with E-state index in [-0.39, 0.29) is 0 Å². The quantitative estimate of drug-likeness (QED) is 0.516. The van der Waals surface area contributed by atoms with Crippen molar-refractivity contribution in [2.75, 3.05) is 0 Å². The molecule has 2 nitrogen and oxygen atoms in total. The number of fused-ring (bicyclic) bond motifs is 1. The van der Waals surface area contributed by atoms with Gasteiger partial charge in [-0.15, -0.1) is 0 Å². The Kier molecular flexibility index (Phi) is 2.05. The number of nitrogens with zero attached hydrogens (tertiary/aromatic N) is 1. The molecule has 0 amide bonds. The number of aryl methyl sites for hydroxylation is 2. The van der Waals surface area contributed by atoms with Crippen molar-refractivity contribution in [2.45, 2.75) is 26.2 Å². The van der Waals surface area contributed by atoms with Gasteiger partial charge in [0.25, 0.3) is 0 Å². The van der Waals surface area contributed by atoms with E-state index in [1.807, 2.05) is 0 Å². The maximum atomic E-state index is 8.76. The van der Waals surface area contributed by atoms with Crippen LogP contribution < -0.4 is 0 Å². The van der Waals surface area contributed by atoms with E-state index in [0.29, 0.717) is 0 Å². The molecule has 1 aromatic carbocycles. The smallest absolute Gasteiger partial charge is 0.0873 e. The highest BCUT2D eigenvalue weighted by Crippen LogP contribution is 2.23. The Morgan fingerprint density at radius 1 is 1.38 bits per heavy atom. The molecule has 1 N–H and O–H groups in total. The van der Waals surface area contributed by atoms with E-state index in [4.69, 9.17) is 5.21 Å². The zero-order chi connectivity index (χ0) is 9.26. The average molecular weight is 175 g/mol. The molecule has 1 aliphatic rings. The van der Waals surface area contributed by atoms with Gasteiger partial charge in [-0.1, -0.05) is 24.2 Å². The van der Waals surface area contributed by atoms with Crippen molar-refractivity contribution in [3.63, 3.8) is 0 Å². The molecule has 0 radical (unpaired) electrons. The zero-order valence-electron chi connectivity index (χ0n) is 7.75. The monoisotopic (exact) mass is 175 g/mol. The molecule has 0 saturated carbocycles. The first-order valence-corrected chi connectivity index (χ1v) is 4.68. The van der Waals surface area contributed by atoms with Crippen LogP contribution in [0.2, 0.25) is 0 Å². The first-order chi connectivity index (χ1) is 6.35. The summed E-state index contributed by atoms with van der Waals surface area (Å²) in [6.45, 7) is 2.13. The maximum absolute atomic E-state index is 8.76. The van der Waals surface area contributed by atoms with E-state index in [2.05, 4.69) is 30.3 Å². The lowest BCUT2D eigenvalue weighted by Crippen LogP contribution is -1.95. The van der Waals surface area contributed by atoms with Crippen molar-refractivity contribution >= 4 is 5.71 Å². The number of hydrogen-bond donors (Lipinski definition) is 1. The molecule has 0 spiro atoms. The third-order valence-corrected chi connectivity index (χ3v) is 2.65. The van der Waals surface area contributed by atoms with Gasteiger partial charge in [-0.05, 0) is 36.5 Å². The molecular weight excluding hydrogens is 162 g/mol. The van der Waals surface area contributed by atoms with Crippen LogP contribution in [0.4, 0.5) is 0 Å². The topological polar surface area (TPSA) is 32.6 Å². The van der Waals surface area contributed by atoms with E-state index < -0.39 is 0 Å². The third-order valence-electron chi connectivity index (χ3n) is 2.65. The SMILES string of the molecule is CCc1ccc2c(c1)/C(=N/O)CC2. The molecule has 1 aromatic rings. The highest BCUT2D eigenvalue weighted by Gasteiger charge is 2.17. The summed E-state index contributed by atoms with van der Waals surface area (Å²) in [7, 11) is 0. The highest BCUT2D eigenvalue weighted by atomic mass is 16.4. The van der Waals surface area contributed by atoms with E-state index in [1.165, 1.54) is 11.1 Å². The maximum Gasteiger partial charge on any atom is 0.0873 e. The van der Waals surface area contributed by atoms with Gasteiger partial charge in [0.05, 0.1) is 5.71 Å². The van der Waals surface area contributed by atoms with Crippen LogP contribution in [0, 0.1) is 0 Å². The fourth-order valence-corrected chi connectivity index (χ4v) is 1.82. The van der Waals surface area contributed by atoms with Gasteiger partial charge >= 0.3 is 0 Å². The van der Waals surface area contributed by atoms with Crippen molar-refractivity contribution < 1.29 is 5.21 Å². The van der Waals surface area contributed by atoms with Crippen molar-refractivity contribution in [2.24, 2.45) is 5.16 Å². The molecule has 1 aliphatic carbocycles. The predicted molar refractivity (Wildman–Crippen MR) is 52.5 cm³/mol. The Morgan fingerprint density at radius 3 is 2.92 bits per heavy atom. The molecule has 68 valence electrons. The van der Waals surface area contributed by atoms with E-state index >= 15 is 0 Å². The van der Waals surface area contributed by atoms with Crippen molar-refractivity contribution in [1.82, 2.24) is 0 Å². The molecule has 0 atom stereocenters. The van der Waals surface area contributed by atoms with Crippen LogP contribution in [0.3, 0.4) is 0 Å². The molecule has 0 heterocycles. The van der Waals surface area contributed by atoms with Gasteiger partial charge in [-0.25, -0.2) is 0 Å². The van der Waals surface area contributed by atoms with Gasteiger partial charge in [-0.2, -0.15) is 0 Å². The second-order valence-electron chi connectivity index (χ2n) is 3.39. The summed E-state index contributed by atoms with van der Waals surface area (Å²) in [5.74, 6) is 0. The minimum absolute atomic E-state index is 0.838. The van der Waals surface area contributed by atoms with Crippen LogP contribution in [0.5, 0.6) is 0 Å². The Bertz CT molecular complexity index is 355. The molecule has 0 fully saturated rings. The second kappa shape index (κ2) is 3.21. The largest absolute Gasteiger partial charge is 0.411 e. The number of oxime groups is 1. The molecule has 0 aliphatic heterocycles. The highest BCUT2D eigenvalue weighted by molar-refractivity contribution is 6.04. The van der Waals surface area contributed by atoms with Gasteiger partial charge in [0.1, 0.15) is 0 Å². The fraction of sp³-hybridized carbons (Fsp3) is 0.364. The molecule has 0 unspecified atom stereocenters. The molecular formula is C11H13NO. The molecule has 13 heavy (non-hydrogen) atoms. The summed E-state index contributed by atoms with van der Waals surface area (Å²) in [6.07, 6.45) is 2.92. The number of rotatable bonds is 1. The lowest BCUT2D eigenvalue weighted by atomic mass is 10.0. The number of hydrogen-bond acceptors (Lipinski definition) is 2. The van der Waals surface area contributed by atoms with Crippen molar-refractivity contribution in [3.8, 4) is 0 Å².